The van der Waals surface area contributed by atoms with Gasteiger partial charge < -0.3 is 15.0 Å². The number of pyridine rings is 1. The molecule has 2 aromatic carbocycles. The van der Waals surface area contributed by atoms with Gasteiger partial charge in [-0.25, -0.2) is 0 Å². The van der Waals surface area contributed by atoms with Crippen LogP contribution in [0.25, 0.3) is 10.9 Å². The molecule has 0 aliphatic rings. The van der Waals surface area contributed by atoms with Crippen molar-refractivity contribution in [3.63, 3.8) is 0 Å². The minimum Gasteiger partial charge on any atom is -0.481 e. The Bertz CT molecular complexity index is 1030. The van der Waals surface area contributed by atoms with Crippen molar-refractivity contribution in [1.29, 1.82) is 0 Å². The van der Waals surface area contributed by atoms with Crippen molar-refractivity contribution >= 4 is 51.1 Å². The van der Waals surface area contributed by atoms with Crippen LogP contribution in [-0.2, 0) is 4.79 Å². The highest BCUT2D eigenvalue weighted by molar-refractivity contribution is 8.13. The van der Waals surface area contributed by atoms with Gasteiger partial charge in [0.15, 0.2) is 6.61 Å². The number of nitrogens with zero attached hydrogens (tertiary/aromatic N) is 2. The molecule has 0 atom stereocenters. The third kappa shape index (κ3) is 4.74. The number of anilines is 1. The van der Waals surface area contributed by atoms with E-state index in [-0.39, 0.29) is 17.8 Å². The Morgan fingerprint density at radius 1 is 1.14 bits per heavy atom. The molecule has 0 saturated carbocycles. The maximum Gasteiger partial charge on any atom is 0.286 e. The van der Waals surface area contributed by atoms with Crippen LogP contribution in [0, 0.1) is 0 Å². The molecule has 1 N–H and O–H groups in total. The molecule has 1 heterocycles. The number of ether oxygens (including phenoxy) is 1. The van der Waals surface area contributed by atoms with Crippen LogP contribution in [0.2, 0.25) is 5.02 Å². The molecular weight excluding hydrogens is 398 g/mol. The number of nitrogens with one attached hydrogen (secondary N) is 1. The van der Waals surface area contributed by atoms with Gasteiger partial charge >= 0.3 is 0 Å². The highest BCUT2D eigenvalue weighted by Gasteiger charge is 2.14. The van der Waals surface area contributed by atoms with Crippen molar-refractivity contribution in [1.82, 2.24) is 9.88 Å². The molecule has 6 nitrogen and oxygen atoms in total. The Kier molecular flexibility index (Phi) is 6.38. The first-order valence-electron chi connectivity index (χ1n) is 8.40. The fourth-order valence-electron chi connectivity index (χ4n) is 2.40. The molecule has 0 radical (unpaired) electrons. The minimum atomic E-state index is -0.343. The zero-order chi connectivity index (χ0) is 20.1. The molecule has 0 bridgehead atoms. The number of aromatic nitrogens is 1. The smallest absolute Gasteiger partial charge is 0.286 e. The second-order valence-corrected chi connectivity index (χ2v) is 7.44. The molecule has 0 saturated heterocycles. The number of carbonyl (C=O) groups is 2. The first kappa shape index (κ1) is 20.0. The Labute approximate surface area is 171 Å². The predicted molar refractivity (Wildman–Crippen MR) is 112 cm³/mol. The Balaban J connectivity index is 1.69. The summed E-state index contributed by atoms with van der Waals surface area (Å²) >= 11 is 7.22. The molecule has 1 aromatic heterocycles. The van der Waals surface area contributed by atoms with Gasteiger partial charge in [0.25, 0.3) is 11.1 Å². The van der Waals surface area contributed by atoms with Crippen molar-refractivity contribution < 1.29 is 14.3 Å². The number of carbonyl (C=O) groups excluding carboxylic acids is 2. The van der Waals surface area contributed by atoms with Gasteiger partial charge in [0.2, 0.25) is 0 Å². The van der Waals surface area contributed by atoms with Crippen LogP contribution in [0.3, 0.4) is 0 Å². The van der Waals surface area contributed by atoms with Crippen molar-refractivity contribution in [2.45, 2.75) is 4.90 Å². The minimum absolute atomic E-state index is 0.128. The lowest BCUT2D eigenvalue weighted by molar-refractivity contribution is -0.118. The van der Waals surface area contributed by atoms with Gasteiger partial charge in [0.05, 0.1) is 10.7 Å². The van der Waals surface area contributed by atoms with Gasteiger partial charge in [-0.3, -0.25) is 14.6 Å². The largest absolute Gasteiger partial charge is 0.481 e. The summed E-state index contributed by atoms with van der Waals surface area (Å²) in [5, 5.41) is 3.98. The molecule has 2 amide bonds. The van der Waals surface area contributed by atoms with E-state index in [2.05, 4.69) is 10.3 Å². The Morgan fingerprint density at radius 2 is 1.93 bits per heavy atom. The second-order valence-electron chi connectivity index (χ2n) is 6.04. The lowest BCUT2D eigenvalue weighted by Gasteiger charge is -2.14. The molecule has 3 aromatic rings. The fourth-order valence-corrected chi connectivity index (χ4v) is 3.36. The highest BCUT2D eigenvalue weighted by Crippen LogP contribution is 2.30. The van der Waals surface area contributed by atoms with Crippen molar-refractivity contribution in [2.24, 2.45) is 0 Å². The molecule has 0 aliphatic carbocycles. The summed E-state index contributed by atoms with van der Waals surface area (Å²) < 4.78 is 5.65. The lowest BCUT2D eigenvalue weighted by Crippen LogP contribution is -2.21. The summed E-state index contributed by atoms with van der Waals surface area (Å²) in [6, 6.07) is 14.1. The lowest BCUT2D eigenvalue weighted by atomic mass is 10.2. The molecule has 144 valence electrons. The summed E-state index contributed by atoms with van der Waals surface area (Å²) in [5.41, 5.74) is 1.14. The van der Waals surface area contributed by atoms with Gasteiger partial charge in [0.1, 0.15) is 11.3 Å². The fraction of sp³-hybridized carbons (Fsp3) is 0.150. The number of halogens is 1. The first-order valence-corrected chi connectivity index (χ1v) is 9.59. The number of fused-ring (bicyclic) bond motifs is 1. The number of benzene rings is 2. The average Bonchev–Trinajstić information content (AvgIpc) is 2.69. The zero-order valence-corrected chi connectivity index (χ0v) is 16.9. The van der Waals surface area contributed by atoms with Gasteiger partial charge in [-0.1, -0.05) is 23.7 Å². The van der Waals surface area contributed by atoms with Gasteiger partial charge in [-0.2, -0.15) is 0 Å². The quantitative estimate of drug-likeness (QED) is 0.612. The van der Waals surface area contributed by atoms with E-state index in [0.29, 0.717) is 26.9 Å². The first-order chi connectivity index (χ1) is 13.5. The zero-order valence-electron chi connectivity index (χ0n) is 15.3. The monoisotopic (exact) mass is 415 g/mol. The third-order valence-electron chi connectivity index (χ3n) is 3.76. The highest BCUT2D eigenvalue weighted by atomic mass is 35.5. The molecule has 0 fully saturated rings. The van der Waals surface area contributed by atoms with E-state index in [9.17, 15) is 9.59 Å². The summed E-state index contributed by atoms with van der Waals surface area (Å²) in [4.78, 5) is 30.7. The predicted octanol–water partition coefficient (Wildman–Crippen LogP) is 4.68. The van der Waals surface area contributed by atoms with E-state index in [4.69, 9.17) is 16.3 Å². The van der Waals surface area contributed by atoms with Crippen LogP contribution in [0.15, 0.2) is 59.6 Å². The van der Waals surface area contributed by atoms with Crippen molar-refractivity contribution in [3.8, 4) is 5.75 Å². The van der Waals surface area contributed by atoms with Gasteiger partial charge in [-0.15, -0.1) is 0 Å². The molecule has 3 rings (SSSR count). The van der Waals surface area contributed by atoms with Crippen molar-refractivity contribution in [2.75, 3.05) is 26.0 Å². The standard InChI is InChI=1S/C20H18ClN3O3S/c1-24(2)20(26)28-17-8-4-3-7-15(17)23-18(25)12-27-16-10-9-14(21)13-6-5-11-22-19(13)16/h3-11H,12H2,1-2H3,(H,23,25). The number of rotatable bonds is 5. The number of amides is 2. The number of hydrogen-bond donors (Lipinski definition) is 1. The normalized spacial score (nSPS) is 10.5. The number of hydrogen-bond acceptors (Lipinski definition) is 5. The van der Waals surface area contributed by atoms with E-state index in [1.165, 1.54) is 4.90 Å². The summed E-state index contributed by atoms with van der Waals surface area (Å²) in [7, 11) is 3.35. The van der Waals surface area contributed by atoms with Gasteiger partial charge in [-0.05, 0) is 48.2 Å². The summed E-state index contributed by atoms with van der Waals surface area (Å²) in [5.74, 6) is 0.130. The van der Waals surface area contributed by atoms with Crippen LogP contribution in [0.1, 0.15) is 0 Å². The number of para-hydroxylation sites is 1. The second kappa shape index (κ2) is 8.95. The topological polar surface area (TPSA) is 71.5 Å². The van der Waals surface area contributed by atoms with Crippen LogP contribution in [0.4, 0.5) is 10.5 Å². The molecule has 0 unspecified atom stereocenters. The van der Waals surface area contributed by atoms with Crippen LogP contribution < -0.4 is 10.1 Å². The summed E-state index contributed by atoms with van der Waals surface area (Å²) in [6.45, 7) is -0.200. The van der Waals surface area contributed by atoms with Crippen LogP contribution in [-0.4, -0.2) is 41.7 Å². The average molecular weight is 416 g/mol. The van der Waals surface area contributed by atoms with Gasteiger partial charge in [0, 0.05) is 30.6 Å². The Morgan fingerprint density at radius 3 is 2.71 bits per heavy atom. The maximum absolute atomic E-state index is 12.4. The van der Waals surface area contributed by atoms with E-state index < -0.39 is 0 Å². The van der Waals surface area contributed by atoms with E-state index in [1.807, 2.05) is 12.1 Å². The van der Waals surface area contributed by atoms with Crippen molar-refractivity contribution in [3.05, 3.63) is 59.8 Å². The van der Waals surface area contributed by atoms with Crippen LogP contribution >= 0.6 is 23.4 Å². The molecule has 8 heteroatoms. The van der Waals surface area contributed by atoms with E-state index >= 15 is 0 Å². The van der Waals surface area contributed by atoms with E-state index in [0.717, 1.165) is 17.1 Å². The molecule has 28 heavy (non-hydrogen) atoms. The van der Waals surface area contributed by atoms with E-state index in [1.54, 1.807) is 56.7 Å². The van der Waals surface area contributed by atoms with Crippen LogP contribution in [0.5, 0.6) is 5.75 Å². The molecular formula is C20H18ClN3O3S. The summed E-state index contributed by atoms with van der Waals surface area (Å²) in [6.07, 6.45) is 1.64. The third-order valence-corrected chi connectivity index (χ3v) is 5.21. The number of thioether (sulfide) groups is 1. The molecule has 0 spiro atoms. The maximum atomic E-state index is 12.4. The SMILES string of the molecule is CN(C)C(=O)Sc1ccccc1NC(=O)COc1ccc(Cl)c2cccnc12. The Hall–Kier alpha value is -2.77. The molecule has 0 aliphatic heterocycles.